The van der Waals surface area contributed by atoms with E-state index in [0.717, 1.165) is 19.6 Å². The molecule has 1 unspecified atom stereocenters. The van der Waals surface area contributed by atoms with Crippen LogP contribution in [0.15, 0.2) is 12.4 Å². The zero-order valence-electron chi connectivity index (χ0n) is 13.7. The molecule has 5 nitrogen and oxygen atoms in total. The molecule has 2 heterocycles. The molecule has 1 aliphatic rings. The van der Waals surface area contributed by atoms with E-state index in [0.29, 0.717) is 11.5 Å². The normalized spacial score (nSPS) is 19.9. The first kappa shape index (κ1) is 16.0. The largest absolute Gasteiger partial charge is 0.352 e. The fourth-order valence-corrected chi connectivity index (χ4v) is 2.74. The Balaban J connectivity index is 1.81. The molecule has 1 saturated heterocycles. The van der Waals surface area contributed by atoms with Gasteiger partial charge in [0, 0.05) is 19.3 Å². The van der Waals surface area contributed by atoms with Crippen molar-refractivity contribution in [2.75, 3.05) is 26.2 Å². The molecule has 1 fully saturated rings. The van der Waals surface area contributed by atoms with Crippen molar-refractivity contribution in [1.29, 1.82) is 0 Å². The lowest BCUT2D eigenvalue weighted by atomic mass is 10.1. The predicted octanol–water partition coefficient (Wildman–Crippen LogP) is 2.10. The summed E-state index contributed by atoms with van der Waals surface area (Å²) in [7, 11) is 0. The lowest BCUT2D eigenvalue weighted by Crippen LogP contribution is -2.31. The number of nitrogens with zero attached hydrogens (tertiary/aromatic N) is 3. The topological polar surface area (TPSA) is 50.2 Å². The van der Waals surface area contributed by atoms with Crippen LogP contribution in [-0.2, 0) is 5.54 Å². The highest BCUT2D eigenvalue weighted by Gasteiger charge is 2.23. The molecule has 5 heteroatoms. The smallest absolute Gasteiger partial charge is 0.254 e. The van der Waals surface area contributed by atoms with Crippen LogP contribution in [0.2, 0.25) is 0 Å². The van der Waals surface area contributed by atoms with Gasteiger partial charge in [-0.25, -0.2) is 0 Å². The van der Waals surface area contributed by atoms with Crippen molar-refractivity contribution in [3.8, 4) is 0 Å². The van der Waals surface area contributed by atoms with Crippen LogP contribution in [0.1, 0.15) is 50.9 Å². The third-order valence-corrected chi connectivity index (χ3v) is 3.99. The lowest BCUT2D eigenvalue weighted by Gasteiger charge is -2.18. The Morgan fingerprint density at radius 2 is 2.24 bits per heavy atom. The minimum Gasteiger partial charge on any atom is -0.352 e. The third kappa shape index (κ3) is 4.30. The third-order valence-electron chi connectivity index (χ3n) is 3.99. The number of amides is 1. The van der Waals surface area contributed by atoms with Gasteiger partial charge in [0.2, 0.25) is 0 Å². The van der Waals surface area contributed by atoms with Gasteiger partial charge in [-0.3, -0.25) is 9.48 Å². The van der Waals surface area contributed by atoms with Crippen molar-refractivity contribution < 1.29 is 4.79 Å². The second-order valence-corrected chi connectivity index (χ2v) is 7.01. The van der Waals surface area contributed by atoms with E-state index >= 15 is 0 Å². The molecule has 1 N–H and O–H groups in total. The average molecular weight is 292 g/mol. The first-order chi connectivity index (χ1) is 9.90. The predicted molar refractivity (Wildman–Crippen MR) is 84.4 cm³/mol. The maximum absolute atomic E-state index is 12.2. The van der Waals surface area contributed by atoms with Crippen molar-refractivity contribution in [2.24, 2.45) is 5.92 Å². The number of hydrogen-bond donors (Lipinski definition) is 1. The number of rotatable bonds is 5. The highest BCUT2D eigenvalue weighted by atomic mass is 16.1. The molecule has 21 heavy (non-hydrogen) atoms. The maximum atomic E-state index is 12.2. The van der Waals surface area contributed by atoms with Crippen molar-refractivity contribution in [3.05, 3.63) is 18.0 Å². The zero-order valence-corrected chi connectivity index (χ0v) is 13.7. The molecule has 1 amide bonds. The Morgan fingerprint density at radius 3 is 2.86 bits per heavy atom. The Labute approximate surface area is 127 Å². The Hall–Kier alpha value is -1.36. The summed E-state index contributed by atoms with van der Waals surface area (Å²) in [6.45, 7) is 12.6. The Bertz CT molecular complexity index is 475. The first-order valence-corrected chi connectivity index (χ1v) is 7.96. The van der Waals surface area contributed by atoms with Gasteiger partial charge in [-0.05, 0) is 52.6 Å². The molecule has 0 radical (unpaired) electrons. The molecule has 1 aromatic rings. The summed E-state index contributed by atoms with van der Waals surface area (Å²) < 4.78 is 1.83. The first-order valence-electron chi connectivity index (χ1n) is 7.96. The SMILES string of the molecule is CCCN1CCC(CNC(=O)c2cnn(C(C)(C)C)c2)C1. The van der Waals surface area contributed by atoms with Crippen molar-refractivity contribution in [3.63, 3.8) is 0 Å². The Morgan fingerprint density at radius 1 is 1.48 bits per heavy atom. The fraction of sp³-hybridized carbons (Fsp3) is 0.750. The number of likely N-dealkylation sites (tertiary alicyclic amines) is 1. The molecule has 0 aromatic carbocycles. The maximum Gasteiger partial charge on any atom is 0.254 e. The van der Waals surface area contributed by atoms with E-state index in [1.807, 2.05) is 10.9 Å². The fourth-order valence-electron chi connectivity index (χ4n) is 2.74. The van der Waals surface area contributed by atoms with Gasteiger partial charge in [-0.2, -0.15) is 5.10 Å². The van der Waals surface area contributed by atoms with Crippen LogP contribution < -0.4 is 5.32 Å². The summed E-state index contributed by atoms with van der Waals surface area (Å²) in [5, 5.41) is 7.32. The zero-order chi connectivity index (χ0) is 15.5. The van der Waals surface area contributed by atoms with E-state index in [2.05, 4.69) is 43.0 Å². The molecule has 0 aliphatic carbocycles. The van der Waals surface area contributed by atoms with Gasteiger partial charge >= 0.3 is 0 Å². The van der Waals surface area contributed by atoms with E-state index in [-0.39, 0.29) is 11.4 Å². The number of aromatic nitrogens is 2. The van der Waals surface area contributed by atoms with Gasteiger partial charge in [-0.15, -0.1) is 0 Å². The molecule has 0 bridgehead atoms. The van der Waals surface area contributed by atoms with Crippen molar-refractivity contribution in [1.82, 2.24) is 20.0 Å². The summed E-state index contributed by atoms with van der Waals surface area (Å²) >= 11 is 0. The van der Waals surface area contributed by atoms with Gasteiger partial charge in [0.1, 0.15) is 0 Å². The van der Waals surface area contributed by atoms with Crippen LogP contribution in [0.3, 0.4) is 0 Å². The minimum absolute atomic E-state index is 0.0144. The summed E-state index contributed by atoms with van der Waals surface area (Å²) in [4.78, 5) is 14.7. The van der Waals surface area contributed by atoms with E-state index in [1.165, 1.54) is 19.4 Å². The number of carbonyl (C=O) groups excluding carboxylic acids is 1. The van der Waals surface area contributed by atoms with E-state index in [4.69, 9.17) is 0 Å². The highest BCUT2D eigenvalue weighted by molar-refractivity contribution is 5.93. The molecule has 118 valence electrons. The summed E-state index contributed by atoms with van der Waals surface area (Å²) in [5.41, 5.74) is 0.554. The molecule has 1 aliphatic heterocycles. The summed E-state index contributed by atoms with van der Waals surface area (Å²) in [6.07, 6.45) is 5.86. The quantitative estimate of drug-likeness (QED) is 0.904. The van der Waals surface area contributed by atoms with Crippen LogP contribution >= 0.6 is 0 Å². The second-order valence-electron chi connectivity index (χ2n) is 7.01. The van der Waals surface area contributed by atoms with E-state index in [9.17, 15) is 4.79 Å². The van der Waals surface area contributed by atoms with Crippen molar-refractivity contribution in [2.45, 2.75) is 46.1 Å². The van der Waals surface area contributed by atoms with Crippen molar-refractivity contribution >= 4 is 5.91 Å². The van der Waals surface area contributed by atoms with E-state index < -0.39 is 0 Å². The molecule has 0 spiro atoms. The Kier molecular flexibility index (Phi) is 5.04. The second kappa shape index (κ2) is 6.60. The molecule has 0 saturated carbocycles. The number of carbonyl (C=O) groups is 1. The monoisotopic (exact) mass is 292 g/mol. The lowest BCUT2D eigenvalue weighted by molar-refractivity contribution is 0.0947. The van der Waals surface area contributed by atoms with Crippen LogP contribution in [0.4, 0.5) is 0 Å². The molecular formula is C16H28N4O. The van der Waals surface area contributed by atoms with Crippen LogP contribution in [-0.4, -0.2) is 46.8 Å². The molecular weight excluding hydrogens is 264 g/mol. The van der Waals surface area contributed by atoms with Crippen LogP contribution in [0, 0.1) is 5.92 Å². The molecule has 2 rings (SSSR count). The summed E-state index contributed by atoms with van der Waals surface area (Å²) in [5.74, 6) is 0.567. The van der Waals surface area contributed by atoms with Gasteiger partial charge in [0.05, 0.1) is 17.3 Å². The van der Waals surface area contributed by atoms with Gasteiger partial charge in [0.15, 0.2) is 0 Å². The average Bonchev–Trinajstić information content (AvgIpc) is 3.04. The van der Waals surface area contributed by atoms with Gasteiger partial charge in [0.25, 0.3) is 5.91 Å². The van der Waals surface area contributed by atoms with Crippen LogP contribution in [0.25, 0.3) is 0 Å². The van der Waals surface area contributed by atoms with Gasteiger partial charge < -0.3 is 10.2 Å². The minimum atomic E-state index is -0.0926. The standard InChI is InChI=1S/C16H28N4O/c1-5-7-19-8-6-13(11-19)9-17-15(21)14-10-18-20(12-14)16(2,3)4/h10,12-13H,5-9,11H2,1-4H3,(H,17,21). The highest BCUT2D eigenvalue weighted by Crippen LogP contribution is 2.16. The molecule has 1 atom stereocenters. The van der Waals surface area contributed by atoms with Gasteiger partial charge in [-0.1, -0.05) is 6.92 Å². The summed E-state index contributed by atoms with van der Waals surface area (Å²) in [6, 6.07) is 0. The van der Waals surface area contributed by atoms with E-state index in [1.54, 1.807) is 6.20 Å². The van der Waals surface area contributed by atoms with Crippen LogP contribution in [0.5, 0.6) is 0 Å². The number of nitrogens with one attached hydrogen (secondary N) is 1. The number of hydrogen-bond acceptors (Lipinski definition) is 3. The molecule has 1 aromatic heterocycles.